The Bertz CT molecular complexity index is 501. The van der Waals surface area contributed by atoms with Crippen molar-refractivity contribution in [1.82, 2.24) is 5.32 Å². The SMILES string of the molecule is CCNc1c(C(=O)NCCCC(C)C)cccc1[N+](=O)[O-]. The molecule has 0 aliphatic rings. The van der Waals surface area contributed by atoms with Gasteiger partial charge in [-0.25, -0.2) is 0 Å². The number of carbonyl (C=O) groups is 1. The summed E-state index contributed by atoms with van der Waals surface area (Å²) in [6.07, 6.45) is 1.93. The molecule has 6 heteroatoms. The van der Waals surface area contributed by atoms with Crippen molar-refractivity contribution < 1.29 is 9.72 Å². The number of nitro benzene ring substituents is 1. The zero-order chi connectivity index (χ0) is 15.8. The molecule has 0 bridgehead atoms. The molecule has 0 saturated carbocycles. The van der Waals surface area contributed by atoms with Gasteiger partial charge in [0.25, 0.3) is 11.6 Å². The molecule has 1 amide bonds. The fraction of sp³-hybridized carbons (Fsp3) is 0.533. The summed E-state index contributed by atoms with van der Waals surface area (Å²) in [4.78, 5) is 22.7. The second-order valence-corrected chi connectivity index (χ2v) is 5.28. The lowest BCUT2D eigenvalue weighted by Crippen LogP contribution is -2.26. The highest BCUT2D eigenvalue weighted by molar-refractivity contribution is 6.01. The normalized spacial score (nSPS) is 10.5. The van der Waals surface area contributed by atoms with Crippen LogP contribution in [0.3, 0.4) is 0 Å². The van der Waals surface area contributed by atoms with Gasteiger partial charge in [0.1, 0.15) is 5.69 Å². The third-order valence-electron chi connectivity index (χ3n) is 3.08. The molecular weight excluding hydrogens is 270 g/mol. The Labute approximate surface area is 125 Å². The summed E-state index contributed by atoms with van der Waals surface area (Å²) in [5.41, 5.74) is 0.522. The highest BCUT2D eigenvalue weighted by Crippen LogP contribution is 2.28. The molecule has 0 spiro atoms. The van der Waals surface area contributed by atoms with Crippen molar-refractivity contribution >= 4 is 17.3 Å². The molecule has 0 aliphatic heterocycles. The van der Waals surface area contributed by atoms with E-state index in [2.05, 4.69) is 24.5 Å². The Morgan fingerprint density at radius 1 is 1.38 bits per heavy atom. The van der Waals surface area contributed by atoms with E-state index in [9.17, 15) is 14.9 Å². The number of amides is 1. The molecule has 6 nitrogen and oxygen atoms in total. The first-order valence-electron chi connectivity index (χ1n) is 7.26. The molecule has 0 aromatic heterocycles. The number of carbonyl (C=O) groups excluding carboxylic acids is 1. The summed E-state index contributed by atoms with van der Waals surface area (Å²) in [5.74, 6) is 0.315. The van der Waals surface area contributed by atoms with Crippen LogP contribution in [0.5, 0.6) is 0 Å². The standard InChI is InChI=1S/C15H23N3O3/c1-4-16-14-12(8-5-9-13(14)18(20)21)15(19)17-10-6-7-11(2)3/h5,8-9,11,16H,4,6-7,10H2,1-3H3,(H,17,19). The summed E-state index contributed by atoms with van der Waals surface area (Å²) >= 11 is 0. The highest BCUT2D eigenvalue weighted by Gasteiger charge is 2.20. The Balaban J connectivity index is 2.83. The summed E-state index contributed by atoms with van der Waals surface area (Å²) in [5, 5.41) is 16.8. The van der Waals surface area contributed by atoms with Crippen molar-refractivity contribution in [2.24, 2.45) is 5.92 Å². The van der Waals surface area contributed by atoms with Crippen molar-refractivity contribution in [2.75, 3.05) is 18.4 Å². The van der Waals surface area contributed by atoms with E-state index < -0.39 is 4.92 Å². The first kappa shape index (κ1) is 16.9. The zero-order valence-corrected chi connectivity index (χ0v) is 12.8. The number of nitro groups is 1. The van der Waals surface area contributed by atoms with E-state index >= 15 is 0 Å². The summed E-state index contributed by atoms with van der Waals surface area (Å²) in [6.45, 7) is 7.18. The van der Waals surface area contributed by atoms with Gasteiger partial charge in [0.15, 0.2) is 0 Å². The van der Waals surface area contributed by atoms with Crippen molar-refractivity contribution in [3.05, 3.63) is 33.9 Å². The quantitative estimate of drug-likeness (QED) is 0.438. The van der Waals surface area contributed by atoms with Crippen LogP contribution in [0.25, 0.3) is 0 Å². The molecule has 0 saturated heterocycles. The summed E-state index contributed by atoms with van der Waals surface area (Å²) < 4.78 is 0. The van der Waals surface area contributed by atoms with Crippen molar-refractivity contribution in [2.45, 2.75) is 33.6 Å². The minimum atomic E-state index is -0.479. The number of anilines is 1. The predicted molar refractivity (Wildman–Crippen MR) is 83.7 cm³/mol. The van der Waals surface area contributed by atoms with Gasteiger partial charge in [0, 0.05) is 19.2 Å². The largest absolute Gasteiger partial charge is 0.379 e. The number of benzene rings is 1. The molecule has 1 aromatic rings. The number of rotatable bonds is 8. The van der Waals surface area contributed by atoms with Gasteiger partial charge >= 0.3 is 0 Å². The Kier molecular flexibility index (Phi) is 6.65. The van der Waals surface area contributed by atoms with E-state index in [0.29, 0.717) is 24.6 Å². The minimum absolute atomic E-state index is 0.0771. The molecule has 1 rings (SSSR count). The van der Waals surface area contributed by atoms with Crippen LogP contribution >= 0.6 is 0 Å². The molecule has 1 aromatic carbocycles. The Morgan fingerprint density at radius 2 is 2.10 bits per heavy atom. The lowest BCUT2D eigenvalue weighted by molar-refractivity contribution is -0.384. The lowest BCUT2D eigenvalue weighted by Gasteiger charge is -2.11. The number of nitrogens with one attached hydrogen (secondary N) is 2. The number of hydrogen-bond donors (Lipinski definition) is 2. The average molecular weight is 293 g/mol. The fourth-order valence-corrected chi connectivity index (χ4v) is 2.05. The van der Waals surface area contributed by atoms with Crippen molar-refractivity contribution in [3.63, 3.8) is 0 Å². The molecule has 0 fully saturated rings. The van der Waals surface area contributed by atoms with Crippen LogP contribution in [0.4, 0.5) is 11.4 Å². The van der Waals surface area contributed by atoms with E-state index in [0.717, 1.165) is 12.8 Å². The van der Waals surface area contributed by atoms with Crippen LogP contribution in [-0.4, -0.2) is 23.9 Å². The Hall–Kier alpha value is -2.11. The maximum Gasteiger partial charge on any atom is 0.293 e. The van der Waals surface area contributed by atoms with Crippen LogP contribution in [0.15, 0.2) is 18.2 Å². The molecule has 0 heterocycles. The van der Waals surface area contributed by atoms with Crippen LogP contribution in [0, 0.1) is 16.0 Å². The summed E-state index contributed by atoms with van der Waals surface area (Å²) in [6, 6.07) is 4.53. The topological polar surface area (TPSA) is 84.3 Å². The van der Waals surface area contributed by atoms with Crippen LogP contribution < -0.4 is 10.6 Å². The molecule has 0 radical (unpaired) electrons. The third kappa shape index (κ3) is 5.06. The highest BCUT2D eigenvalue weighted by atomic mass is 16.6. The molecule has 0 atom stereocenters. The van der Waals surface area contributed by atoms with E-state index in [4.69, 9.17) is 0 Å². The lowest BCUT2D eigenvalue weighted by atomic mass is 10.1. The van der Waals surface area contributed by atoms with Gasteiger partial charge in [-0.2, -0.15) is 0 Å². The van der Waals surface area contributed by atoms with E-state index in [1.807, 2.05) is 6.92 Å². The molecule has 2 N–H and O–H groups in total. The van der Waals surface area contributed by atoms with Crippen molar-refractivity contribution in [3.8, 4) is 0 Å². The Morgan fingerprint density at radius 3 is 2.67 bits per heavy atom. The second-order valence-electron chi connectivity index (χ2n) is 5.28. The third-order valence-corrected chi connectivity index (χ3v) is 3.08. The summed E-state index contributed by atoms with van der Waals surface area (Å²) in [7, 11) is 0. The van der Waals surface area contributed by atoms with Gasteiger partial charge in [0.2, 0.25) is 0 Å². The van der Waals surface area contributed by atoms with E-state index in [-0.39, 0.29) is 17.3 Å². The van der Waals surface area contributed by atoms with Gasteiger partial charge in [-0.15, -0.1) is 0 Å². The van der Waals surface area contributed by atoms with Crippen LogP contribution in [0.1, 0.15) is 44.0 Å². The zero-order valence-electron chi connectivity index (χ0n) is 12.8. The number of nitrogens with zero attached hydrogens (tertiary/aromatic N) is 1. The first-order valence-corrected chi connectivity index (χ1v) is 7.26. The van der Waals surface area contributed by atoms with Crippen LogP contribution in [-0.2, 0) is 0 Å². The first-order chi connectivity index (χ1) is 9.97. The maximum atomic E-state index is 12.2. The second kappa shape index (κ2) is 8.24. The van der Waals surface area contributed by atoms with Crippen molar-refractivity contribution in [1.29, 1.82) is 0 Å². The molecule has 21 heavy (non-hydrogen) atoms. The number of para-hydroxylation sites is 1. The van der Waals surface area contributed by atoms with E-state index in [1.165, 1.54) is 12.1 Å². The van der Waals surface area contributed by atoms with Crippen LogP contribution in [0.2, 0.25) is 0 Å². The molecule has 0 aliphatic carbocycles. The minimum Gasteiger partial charge on any atom is -0.379 e. The molecule has 0 unspecified atom stereocenters. The van der Waals surface area contributed by atoms with Gasteiger partial charge in [-0.05, 0) is 31.7 Å². The van der Waals surface area contributed by atoms with E-state index in [1.54, 1.807) is 6.07 Å². The monoisotopic (exact) mass is 293 g/mol. The predicted octanol–water partition coefficient (Wildman–Crippen LogP) is 3.19. The van der Waals surface area contributed by atoms with Gasteiger partial charge in [0.05, 0.1) is 10.5 Å². The maximum absolute atomic E-state index is 12.2. The van der Waals surface area contributed by atoms with Gasteiger partial charge in [-0.3, -0.25) is 14.9 Å². The number of hydrogen-bond acceptors (Lipinski definition) is 4. The average Bonchev–Trinajstić information content (AvgIpc) is 2.43. The smallest absolute Gasteiger partial charge is 0.293 e. The molecule has 116 valence electrons. The van der Waals surface area contributed by atoms with Gasteiger partial charge in [-0.1, -0.05) is 19.9 Å². The fourth-order valence-electron chi connectivity index (χ4n) is 2.05. The molecular formula is C15H23N3O3. The van der Waals surface area contributed by atoms with Gasteiger partial charge < -0.3 is 10.6 Å².